The smallest absolute Gasteiger partial charge is 0.240 e. The SMILES string of the molecule is CNS(=O)(=O)c1ccc(N)c(NC2CCCSC2)c1. The fraction of sp³-hybridized carbons (Fsp3) is 0.500. The molecular weight excluding hydrogens is 282 g/mol. The van der Waals surface area contributed by atoms with E-state index in [9.17, 15) is 8.42 Å². The van der Waals surface area contributed by atoms with E-state index < -0.39 is 10.0 Å². The monoisotopic (exact) mass is 301 g/mol. The molecule has 0 aromatic heterocycles. The van der Waals surface area contributed by atoms with Gasteiger partial charge in [-0.15, -0.1) is 0 Å². The van der Waals surface area contributed by atoms with Crippen LogP contribution in [-0.2, 0) is 10.0 Å². The number of benzene rings is 1. The largest absolute Gasteiger partial charge is 0.397 e. The third-order valence-corrected chi connectivity index (χ3v) is 5.75. The first kappa shape index (κ1) is 14.5. The predicted octanol–water partition coefficient (Wildman–Crippen LogP) is 1.48. The summed E-state index contributed by atoms with van der Waals surface area (Å²) in [6.07, 6.45) is 2.27. The van der Waals surface area contributed by atoms with Crippen LogP contribution >= 0.6 is 11.8 Å². The van der Waals surface area contributed by atoms with Crippen LogP contribution in [0.4, 0.5) is 11.4 Å². The minimum atomic E-state index is -3.43. The van der Waals surface area contributed by atoms with Crippen molar-refractivity contribution in [2.24, 2.45) is 0 Å². The Morgan fingerprint density at radius 3 is 2.84 bits per heavy atom. The van der Waals surface area contributed by atoms with Gasteiger partial charge in [0.05, 0.1) is 16.3 Å². The lowest BCUT2D eigenvalue weighted by Gasteiger charge is -2.24. The highest BCUT2D eigenvalue weighted by molar-refractivity contribution is 7.99. The Hall–Kier alpha value is -0.920. The molecule has 1 aromatic carbocycles. The molecule has 0 spiro atoms. The van der Waals surface area contributed by atoms with Crippen molar-refractivity contribution in [2.75, 3.05) is 29.6 Å². The van der Waals surface area contributed by atoms with Crippen LogP contribution in [0.25, 0.3) is 0 Å². The maximum Gasteiger partial charge on any atom is 0.240 e. The standard InChI is InChI=1S/C12H19N3O2S2/c1-14-19(16,17)10-4-5-11(13)12(7-10)15-9-3-2-6-18-8-9/h4-5,7,9,14-15H,2-3,6,8,13H2,1H3. The first-order valence-electron chi connectivity index (χ1n) is 6.20. The van der Waals surface area contributed by atoms with Gasteiger partial charge in [-0.05, 0) is 43.8 Å². The second-order valence-corrected chi connectivity index (χ2v) is 7.55. The summed E-state index contributed by atoms with van der Waals surface area (Å²) in [4.78, 5) is 0.232. The van der Waals surface area contributed by atoms with Crippen molar-refractivity contribution in [1.29, 1.82) is 0 Å². The fourth-order valence-corrected chi connectivity index (χ4v) is 3.85. The van der Waals surface area contributed by atoms with Gasteiger partial charge in [-0.2, -0.15) is 11.8 Å². The Kier molecular flexibility index (Phi) is 4.59. The molecule has 5 nitrogen and oxygen atoms in total. The van der Waals surface area contributed by atoms with Crippen LogP contribution in [0.3, 0.4) is 0 Å². The van der Waals surface area contributed by atoms with Gasteiger partial charge < -0.3 is 11.1 Å². The first-order chi connectivity index (χ1) is 9.03. The van der Waals surface area contributed by atoms with Gasteiger partial charge in [0.1, 0.15) is 0 Å². The van der Waals surface area contributed by atoms with Crippen molar-refractivity contribution in [3.05, 3.63) is 18.2 Å². The van der Waals surface area contributed by atoms with Crippen LogP contribution in [0.2, 0.25) is 0 Å². The van der Waals surface area contributed by atoms with Gasteiger partial charge in [0.15, 0.2) is 0 Å². The molecule has 0 amide bonds. The predicted molar refractivity (Wildman–Crippen MR) is 81.1 cm³/mol. The molecule has 1 saturated heterocycles. The summed E-state index contributed by atoms with van der Waals surface area (Å²) in [6.45, 7) is 0. The summed E-state index contributed by atoms with van der Waals surface area (Å²) in [5, 5.41) is 3.35. The third-order valence-electron chi connectivity index (χ3n) is 3.12. The summed E-state index contributed by atoms with van der Waals surface area (Å²) < 4.78 is 25.9. The number of nitrogens with one attached hydrogen (secondary N) is 2. The van der Waals surface area contributed by atoms with E-state index in [1.165, 1.54) is 25.3 Å². The lowest BCUT2D eigenvalue weighted by Crippen LogP contribution is -2.26. The van der Waals surface area contributed by atoms with Gasteiger partial charge in [-0.1, -0.05) is 0 Å². The molecule has 1 aliphatic rings. The van der Waals surface area contributed by atoms with Crippen molar-refractivity contribution in [3.8, 4) is 0 Å². The van der Waals surface area contributed by atoms with Crippen LogP contribution in [0.1, 0.15) is 12.8 Å². The molecule has 1 fully saturated rings. The topological polar surface area (TPSA) is 84.2 Å². The van der Waals surface area contributed by atoms with E-state index in [1.54, 1.807) is 12.1 Å². The van der Waals surface area contributed by atoms with E-state index in [1.807, 2.05) is 11.8 Å². The van der Waals surface area contributed by atoms with Gasteiger partial charge in [0.25, 0.3) is 0 Å². The lowest BCUT2D eigenvalue weighted by atomic mass is 10.1. The first-order valence-corrected chi connectivity index (χ1v) is 8.84. The Bertz CT molecular complexity index is 540. The summed E-state index contributed by atoms with van der Waals surface area (Å²) in [7, 11) is -2.03. The quantitative estimate of drug-likeness (QED) is 0.734. The summed E-state index contributed by atoms with van der Waals surface area (Å²) in [5.74, 6) is 2.23. The van der Waals surface area contributed by atoms with Gasteiger partial charge >= 0.3 is 0 Å². The molecule has 0 radical (unpaired) electrons. The zero-order chi connectivity index (χ0) is 13.9. The normalized spacial score (nSPS) is 20.2. The van der Waals surface area contributed by atoms with Crippen LogP contribution in [0, 0.1) is 0 Å². The van der Waals surface area contributed by atoms with Crippen molar-refractivity contribution in [2.45, 2.75) is 23.8 Å². The van der Waals surface area contributed by atoms with Crippen molar-refractivity contribution in [1.82, 2.24) is 4.72 Å². The Morgan fingerprint density at radius 1 is 1.42 bits per heavy atom. The van der Waals surface area contributed by atoms with Crippen LogP contribution in [0.5, 0.6) is 0 Å². The molecule has 4 N–H and O–H groups in total. The van der Waals surface area contributed by atoms with Crippen LogP contribution in [0.15, 0.2) is 23.1 Å². The zero-order valence-electron chi connectivity index (χ0n) is 10.8. The molecule has 1 unspecified atom stereocenters. The maximum atomic E-state index is 11.8. The molecule has 1 aliphatic heterocycles. The number of rotatable bonds is 4. The molecule has 1 atom stereocenters. The average Bonchev–Trinajstić information content (AvgIpc) is 2.42. The van der Waals surface area contributed by atoms with Gasteiger partial charge in [-0.3, -0.25) is 0 Å². The number of hydrogen-bond donors (Lipinski definition) is 3. The van der Waals surface area contributed by atoms with E-state index in [0.717, 1.165) is 12.2 Å². The second-order valence-electron chi connectivity index (χ2n) is 4.52. The van der Waals surface area contributed by atoms with Crippen LogP contribution < -0.4 is 15.8 Å². The summed E-state index contributed by atoms with van der Waals surface area (Å²) >= 11 is 1.91. The van der Waals surface area contributed by atoms with E-state index in [-0.39, 0.29) is 4.90 Å². The van der Waals surface area contributed by atoms with E-state index >= 15 is 0 Å². The molecule has 19 heavy (non-hydrogen) atoms. The molecular formula is C12H19N3O2S2. The molecule has 106 valence electrons. The molecule has 0 saturated carbocycles. The summed E-state index contributed by atoms with van der Waals surface area (Å²) in [6, 6.07) is 5.10. The molecule has 1 heterocycles. The Labute approximate surface area is 118 Å². The third kappa shape index (κ3) is 3.55. The van der Waals surface area contributed by atoms with Gasteiger partial charge in [-0.25, -0.2) is 13.1 Å². The number of nitrogen functional groups attached to an aromatic ring is 1. The molecule has 0 aliphatic carbocycles. The molecule has 7 heteroatoms. The zero-order valence-corrected chi connectivity index (χ0v) is 12.5. The van der Waals surface area contributed by atoms with Crippen LogP contribution in [-0.4, -0.2) is 33.0 Å². The van der Waals surface area contributed by atoms with Gasteiger partial charge in [0, 0.05) is 11.8 Å². The lowest BCUT2D eigenvalue weighted by molar-refractivity contribution is 0.588. The summed E-state index contributed by atoms with van der Waals surface area (Å²) in [5.41, 5.74) is 7.18. The number of anilines is 2. The number of thioether (sulfide) groups is 1. The highest BCUT2D eigenvalue weighted by Gasteiger charge is 2.17. The number of hydrogen-bond acceptors (Lipinski definition) is 5. The Balaban J connectivity index is 2.22. The van der Waals surface area contributed by atoms with Crippen molar-refractivity contribution >= 4 is 33.2 Å². The van der Waals surface area contributed by atoms with Crippen molar-refractivity contribution in [3.63, 3.8) is 0 Å². The highest BCUT2D eigenvalue weighted by Crippen LogP contribution is 2.26. The minimum absolute atomic E-state index is 0.232. The highest BCUT2D eigenvalue weighted by atomic mass is 32.2. The Morgan fingerprint density at radius 2 is 2.21 bits per heavy atom. The second kappa shape index (κ2) is 6.02. The maximum absolute atomic E-state index is 11.8. The van der Waals surface area contributed by atoms with E-state index in [2.05, 4.69) is 10.0 Å². The average molecular weight is 301 g/mol. The van der Waals surface area contributed by atoms with Crippen molar-refractivity contribution < 1.29 is 8.42 Å². The molecule has 0 bridgehead atoms. The minimum Gasteiger partial charge on any atom is -0.397 e. The van der Waals surface area contributed by atoms with E-state index in [0.29, 0.717) is 17.4 Å². The van der Waals surface area contributed by atoms with Gasteiger partial charge in [0.2, 0.25) is 10.0 Å². The molecule has 1 aromatic rings. The van der Waals surface area contributed by atoms with E-state index in [4.69, 9.17) is 5.73 Å². The number of nitrogens with two attached hydrogens (primary N) is 1. The molecule has 2 rings (SSSR count). The fourth-order valence-electron chi connectivity index (χ4n) is 2.02. The number of sulfonamides is 1.